The second kappa shape index (κ2) is 5.96. The van der Waals surface area contributed by atoms with Crippen LogP contribution in [-0.4, -0.2) is 29.9 Å². The first kappa shape index (κ1) is 16.3. The van der Waals surface area contributed by atoms with Gasteiger partial charge in [-0.2, -0.15) is 13.2 Å². The molecule has 0 aromatic heterocycles. The van der Waals surface area contributed by atoms with E-state index in [4.69, 9.17) is 5.73 Å². The molecule has 1 heterocycles. The van der Waals surface area contributed by atoms with Gasteiger partial charge in [0, 0.05) is 29.2 Å². The van der Waals surface area contributed by atoms with Crippen LogP contribution in [0.1, 0.15) is 29.3 Å². The van der Waals surface area contributed by atoms with Crippen molar-refractivity contribution in [1.29, 1.82) is 0 Å². The summed E-state index contributed by atoms with van der Waals surface area (Å²) in [5, 5.41) is 0. The highest BCUT2D eigenvalue weighted by molar-refractivity contribution is 9.10. The zero-order chi connectivity index (χ0) is 15.8. The summed E-state index contributed by atoms with van der Waals surface area (Å²) in [5.41, 5.74) is 5.02. The molecule has 1 aliphatic heterocycles. The van der Waals surface area contributed by atoms with E-state index in [0.29, 0.717) is 13.1 Å². The standard InChI is InChI=1S/C14H16BrF3N2O/c1-8(19)10-4-5-20(7-10)13(21)9-2-3-12(15)11(6-9)14(16,17)18/h2-3,6,8,10H,4-5,7,19H2,1H3. The summed E-state index contributed by atoms with van der Waals surface area (Å²) in [6, 6.07) is 3.53. The summed E-state index contributed by atoms with van der Waals surface area (Å²) >= 11 is 2.87. The molecule has 1 fully saturated rings. The molecule has 0 saturated carbocycles. The fourth-order valence-electron chi connectivity index (χ4n) is 2.46. The third kappa shape index (κ3) is 3.58. The van der Waals surface area contributed by atoms with Crippen molar-refractivity contribution < 1.29 is 18.0 Å². The number of benzene rings is 1. The lowest BCUT2D eigenvalue weighted by atomic mass is 10.0. The molecule has 1 aromatic carbocycles. The Balaban J connectivity index is 2.21. The van der Waals surface area contributed by atoms with E-state index in [0.717, 1.165) is 12.5 Å². The van der Waals surface area contributed by atoms with Crippen molar-refractivity contribution in [3.8, 4) is 0 Å². The third-order valence-electron chi connectivity index (χ3n) is 3.77. The van der Waals surface area contributed by atoms with Crippen LogP contribution in [0.15, 0.2) is 22.7 Å². The molecule has 0 aliphatic carbocycles. The molecule has 2 atom stereocenters. The minimum atomic E-state index is -4.49. The number of amides is 1. The Bertz CT molecular complexity index is 546. The molecule has 1 aromatic rings. The average Bonchev–Trinajstić information content (AvgIpc) is 2.86. The van der Waals surface area contributed by atoms with Crippen molar-refractivity contribution in [2.24, 2.45) is 11.7 Å². The van der Waals surface area contributed by atoms with E-state index in [9.17, 15) is 18.0 Å². The fraction of sp³-hybridized carbons (Fsp3) is 0.500. The van der Waals surface area contributed by atoms with Gasteiger partial charge >= 0.3 is 6.18 Å². The number of hydrogen-bond donors (Lipinski definition) is 1. The van der Waals surface area contributed by atoms with E-state index in [2.05, 4.69) is 15.9 Å². The van der Waals surface area contributed by atoms with Gasteiger partial charge in [0.05, 0.1) is 5.56 Å². The summed E-state index contributed by atoms with van der Waals surface area (Å²) < 4.78 is 38.5. The largest absolute Gasteiger partial charge is 0.417 e. The van der Waals surface area contributed by atoms with Crippen LogP contribution in [0.5, 0.6) is 0 Å². The number of carbonyl (C=O) groups is 1. The first-order valence-corrected chi connectivity index (χ1v) is 7.41. The molecule has 2 rings (SSSR count). The Hall–Kier alpha value is -1.08. The number of hydrogen-bond acceptors (Lipinski definition) is 2. The molecule has 0 spiro atoms. The van der Waals surface area contributed by atoms with Crippen molar-refractivity contribution in [1.82, 2.24) is 4.90 Å². The predicted octanol–water partition coefficient (Wildman–Crippen LogP) is 3.28. The average molecular weight is 365 g/mol. The van der Waals surface area contributed by atoms with E-state index in [1.165, 1.54) is 12.1 Å². The van der Waals surface area contributed by atoms with Gasteiger partial charge in [-0.3, -0.25) is 4.79 Å². The van der Waals surface area contributed by atoms with E-state index in [1.807, 2.05) is 6.92 Å². The fourth-order valence-corrected chi connectivity index (χ4v) is 2.93. The third-order valence-corrected chi connectivity index (χ3v) is 4.47. The highest BCUT2D eigenvalue weighted by Gasteiger charge is 2.35. The molecule has 1 amide bonds. The molecular weight excluding hydrogens is 349 g/mol. The number of rotatable bonds is 2. The summed E-state index contributed by atoms with van der Waals surface area (Å²) in [6.45, 7) is 2.90. The number of halogens is 4. The van der Waals surface area contributed by atoms with Crippen molar-refractivity contribution in [2.75, 3.05) is 13.1 Å². The summed E-state index contributed by atoms with van der Waals surface area (Å²) in [6.07, 6.45) is -3.71. The van der Waals surface area contributed by atoms with Gasteiger partial charge in [0.25, 0.3) is 5.91 Å². The maximum absolute atomic E-state index is 12.9. The number of nitrogens with zero attached hydrogens (tertiary/aromatic N) is 1. The normalized spacial score (nSPS) is 20.7. The predicted molar refractivity (Wildman–Crippen MR) is 76.8 cm³/mol. The number of carbonyl (C=O) groups excluding carboxylic acids is 1. The first-order chi connectivity index (χ1) is 9.70. The lowest BCUT2D eigenvalue weighted by molar-refractivity contribution is -0.138. The van der Waals surface area contributed by atoms with Gasteiger partial charge in [0.15, 0.2) is 0 Å². The topological polar surface area (TPSA) is 46.3 Å². The van der Waals surface area contributed by atoms with Gasteiger partial charge in [-0.15, -0.1) is 0 Å². The van der Waals surface area contributed by atoms with E-state index < -0.39 is 11.7 Å². The van der Waals surface area contributed by atoms with Crippen LogP contribution in [-0.2, 0) is 6.18 Å². The molecule has 116 valence electrons. The maximum Gasteiger partial charge on any atom is 0.417 e. The zero-order valence-corrected chi connectivity index (χ0v) is 13.0. The summed E-state index contributed by atoms with van der Waals surface area (Å²) in [5.74, 6) is -0.178. The monoisotopic (exact) mass is 364 g/mol. The smallest absolute Gasteiger partial charge is 0.338 e. The van der Waals surface area contributed by atoms with Crippen molar-refractivity contribution >= 4 is 21.8 Å². The molecular formula is C14H16BrF3N2O. The van der Waals surface area contributed by atoms with Crippen LogP contribution in [0, 0.1) is 5.92 Å². The Morgan fingerprint density at radius 1 is 1.48 bits per heavy atom. The highest BCUT2D eigenvalue weighted by atomic mass is 79.9. The minimum Gasteiger partial charge on any atom is -0.338 e. The van der Waals surface area contributed by atoms with Gasteiger partial charge in [0.1, 0.15) is 0 Å². The quantitative estimate of drug-likeness (QED) is 0.875. The van der Waals surface area contributed by atoms with Crippen molar-refractivity contribution in [2.45, 2.75) is 25.6 Å². The summed E-state index contributed by atoms with van der Waals surface area (Å²) in [4.78, 5) is 13.9. The number of likely N-dealkylation sites (tertiary alicyclic amines) is 1. The van der Waals surface area contributed by atoms with Crippen LogP contribution in [0.25, 0.3) is 0 Å². The maximum atomic E-state index is 12.9. The van der Waals surface area contributed by atoms with Crippen LogP contribution in [0.2, 0.25) is 0 Å². The SMILES string of the molecule is CC(N)C1CCN(C(=O)c2ccc(Br)c(C(F)(F)F)c2)C1. The molecule has 3 nitrogen and oxygen atoms in total. The van der Waals surface area contributed by atoms with Crippen LogP contribution in [0.4, 0.5) is 13.2 Å². The lowest BCUT2D eigenvalue weighted by Gasteiger charge is -2.19. The van der Waals surface area contributed by atoms with Gasteiger partial charge in [-0.25, -0.2) is 0 Å². The molecule has 1 aliphatic rings. The summed E-state index contributed by atoms with van der Waals surface area (Å²) in [7, 11) is 0. The van der Waals surface area contributed by atoms with Crippen molar-refractivity contribution in [3.63, 3.8) is 0 Å². The Kier molecular flexibility index (Phi) is 4.63. The molecule has 0 bridgehead atoms. The zero-order valence-electron chi connectivity index (χ0n) is 11.5. The molecule has 2 unspecified atom stereocenters. The van der Waals surface area contributed by atoms with Gasteiger partial charge in [-0.1, -0.05) is 15.9 Å². The van der Waals surface area contributed by atoms with Crippen LogP contribution < -0.4 is 5.73 Å². The van der Waals surface area contributed by atoms with Gasteiger partial charge in [-0.05, 0) is 37.5 Å². The molecule has 21 heavy (non-hydrogen) atoms. The van der Waals surface area contributed by atoms with Gasteiger partial charge in [0.2, 0.25) is 0 Å². The van der Waals surface area contributed by atoms with Crippen molar-refractivity contribution in [3.05, 3.63) is 33.8 Å². The molecule has 7 heteroatoms. The highest BCUT2D eigenvalue weighted by Crippen LogP contribution is 2.35. The lowest BCUT2D eigenvalue weighted by Crippen LogP contribution is -2.33. The van der Waals surface area contributed by atoms with Crippen LogP contribution >= 0.6 is 15.9 Å². The minimum absolute atomic E-state index is 0.0292. The Morgan fingerprint density at radius 2 is 2.14 bits per heavy atom. The van der Waals surface area contributed by atoms with E-state index >= 15 is 0 Å². The second-order valence-electron chi connectivity index (χ2n) is 5.35. The number of nitrogens with two attached hydrogens (primary N) is 1. The van der Waals surface area contributed by atoms with Crippen LogP contribution in [0.3, 0.4) is 0 Å². The molecule has 1 saturated heterocycles. The van der Waals surface area contributed by atoms with E-state index in [1.54, 1.807) is 4.90 Å². The Labute approximate surface area is 129 Å². The van der Waals surface area contributed by atoms with Gasteiger partial charge < -0.3 is 10.6 Å². The first-order valence-electron chi connectivity index (χ1n) is 6.61. The second-order valence-corrected chi connectivity index (χ2v) is 6.21. The number of alkyl halides is 3. The van der Waals surface area contributed by atoms with E-state index in [-0.39, 0.29) is 27.9 Å². The Morgan fingerprint density at radius 3 is 2.67 bits per heavy atom. The molecule has 0 radical (unpaired) electrons. The molecule has 2 N–H and O–H groups in total.